The van der Waals surface area contributed by atoms with Gasteiger partial charge in [0, 0.05) is 17.1 Å². The summed E-state index contributed by atoms with van der Waals surface area (Å²) >= 11 is 6.01. The number of primary amides is 1. The van der Waals surface area contributed by atoms with E-state index in [-0.39, 0.29) is 34.6 Å². The smallest absolute Gasteiger partial charge is 0.275 e. The fourth-order valence-electron chi connectivity index (χ4n) is 2.87. The van der Waals surface area contributed by atoms with Gasteiger partial charge >= 0.3 is 0 Å². The zero-order valence-electron chi connectivity index (χ0n) is 16.8. The first kappa shape index (κ1) is 24.0. The molecular weight excluding hydrogens is 448 g/mol. The van der Waals surface area contributed by atoms with Gasteiger partial charge in [0.2, 0.25) is 11.9 Å². The summed E-state index contributed by atoms with van der Waals surface area (Å²) in [5.41, 5.74) is 15.5. The highest BCUT2D eigenvalue weighted by molar-refractivity contribution is 7.92. The van der Waals surface area contributed by atoms with Gasteiger partial charge in [-0.1, -0.05) is 17.7 Å². The van der Waals surface area contributed by atoms with Gasteiger partial charge in [0.25, 0.3) is 15.6 Å². The molecule has 0 aliphatic rings. The molecule has 1 amide bonds. The number of sulfonamides is 1. The molecule has 2 rings (SSSR count). The third-order valence-corrected chi connectivity index (χ3v) is 6.28. The number of aromatic nitrogens is 1. The van der Waals surface area contributed by atoms with Gasteiger partial charge in [-0.15, -0.1) is 0 Å². The average molecular weight is 471 g/mol. The topological polar surface area (TPSA) is 185 Å². The molecule has 31 heavy (non-hydrogen) atoms. The van der Waals surface area contributed by atoms with E-state index in [2.05, 4.69) is 9.88 Å². The first-order chi connectivity index (χ1) is 14.5. The zero-order chi connectivity index (χ0) is 23.3. The molecule has 0 saturated carbocycles. The van der Waals surface area contributed by atoms with E-state index in [4.69, 9.17) is 33.6 Å². The molecular formula is C18H23ClN6O5S. The van der Waals surface area contributed by atoms with E-state index in [0.29, 0.717) is 11.3 Å². The average Bonchev–Trinajstić information content (AvgIpc) is 2.67. The van der Waals surface area contributed by atoms with Gasteiger partial charge < -0.3 is 22.0 Å². The fourth-order valence-corrected chi connectivity index (χ4v) is 4.43. The quantitative estimate of drug-likeness (QED) is 0.178. The van der Waals surface area contributed by atoms with Gasteiger partial charge in [0.1, 0.15) is 18.3 Å². The summed E-state index contributed by atoms with van der Waals surface area (Å²) in [6.07, 6.45) is -0.0313. The van der Waals surface area contributed by atoms with E-state index in [1.165, 1.54) is 24.3 Å². The number of carbonyl (C=O) groups is 1. The van der Waals surface area contributed by atoms with Gasteiger partial charge in [-0.2, -0.15) is 0 Å². The van der Waals surface area contributed by atoms with Crippen LogP contribution in [0.15, 0.2) is 45.2 Å². The summed E-state index contributed by atoms with van der Waals surface area (Å²) < 4.78 is 29.0. The van der Waals surface area contributed by atoms with Crippen molar-refractivity contribution in [3.63, 3.8) is 0 Å². The minimum Gasteiger partial charge on any atom is -0.393 e. The van der Waals surface area contributed by atoms with Crippen LogP contribution in [0.4, 0.5) is 5.69 Å². The molecule has 0 radical (unpaired) electrons. The molecule has 0 spiro atoms. The number of halogens is 1. The number of nitrogens with one attached hydrogen (secondary N) is 1. The van der Waals surface area contributed by atoms with Gasteiger partial charge in [-0.05, 0) is 48.8 Å². The first-order valence-electron chi connectivity index (χ1n) is 8.96. The summed E-state index contributed by atoms with van der Waals surface area (Å²) in [7, 11) is -4.13. The van der Waals surface area contributed by atoms with Crippen molar-refractivity contribution in [3.8, 4) is 0 Å². The van der Waals surface area contributed by atoms with Crippen LogP contribution in [-0.2, 0) is 19.7 Å². The molecule has 0 aliphatic carbocycles. The summed E-state index contributed by atoms with van der Waals surface area (Å²) in [5, 5.41) is 3.60. The van der Waals surface area contributed by atoms with Crippen LogP contribution in [-0.4, -0.2) is 31.5 Å². The van der Waals surface area contributed by atoms with Crippen molar-refractivity contribution < 1.29 is 18.0 Å². The highest BCUT2D eigenvalue weighted by atomic mass is 35.5. The fraction of sp³-hybridized carbons (Fsp3) is 0.278. The Morgan fingerprint density at radius 2 is 1.90 bits per heavy atom. The Kier molecular flexibility index (Phi) is 7.52. The molecule has 1 aromatic heterocycles. The monoisotopic (exact) mass is 470 g/mol. The molecule has 168 valence electrons. The maximum atomic E-state index is 13.0. The van der Waals surface area contributed by atoms with Crippen molar-refractivity contribution >= 4 is 39.2 Å². The normalized spacial score (nSPS) is 12.1. The third-order valence-electron chi connectivity index (χ3n) is 4.36. The molecule has 0 bridgehead atoms. The largest absolute Gasteiger partial charge is 0.393 e. The van der Waals surface area contributed by atoms with Crippen LogP contribution in [0.2, 0.25) is 5.02 Å². The summed E-state index contributed by atoms with van der Waals surface area (Å²) in [6.45, 7) is 3.01. The minimum atomic E-state index is -4.13. The van der Waals surface area contributed by atoms with Crippen molar-refractivity contribution in [1.29, 1.82) is 0 Å². The van der Waals surface area contributed by atoms with Crippen LogP contribution in [0, 0.1) is 13.8 Å². The lowest BCUT2D eigenvalue weighted by Gasteiger charge is -2.20. The van der Waals surface area contributed by atoms with Gasteiger partial charge in [-0.3, -0.25) is 18.9 Å². The number of nitrogens with zero attached hydrogens (tertiary/aromatic N) is 2. The van der Waals surface area contributed by atoms with Gasteiger partial charge in [-0.25, -0.2) is 8.42 Å². The second-order valence-corrected chi connectivity index (χ2v) is 8.65. The lowest BCUT2D eigenvalue weighted by Crippen LogP contribution is -2.37. The van der Waals surface area contributed by atoms with Gasteiger partial charge in [0.15, 0.2) is 0 Å². The van der Waals surface area contributed by atoms with E-state index in [9.17, 15) is 18.0 Å². The number of pyridine rings is 1. The zero-order valence-corrected chi connectivity index (χ0v) is 18.4. The number of anilines is 1. The SMILES string of the molecule is Cc1c(Cl)cccc1S(=O)(=O)Nc1ccc(C)n(C(CCON=C(N)N)C(N)=O)c1=O. The van der Waals surface area contributed by atoms with Crippen LogP contribution in [0.1, 0.15) is 23.7 Å². The predicted molar refractivity (Wildman–Crippen MR) is 117 cm³/mol. The Morgan fingerprint density at radius 3 is 2.52 bits per heavy atom. The van der Waals surface area contributed by atoms with Crippen molar-refractivity contribution in [2.75, 3.05) is 11.3 Å². The molecule has 0 aliphatic heterocycles. The first-order valence-corrected chi connectivity index (χ1v) is 10.8. The summed E-state index contributed by atoms with van der Waals surface area (Å²) in [6, 6.07) is 6.06. The second kappa shape index (κ2) is 9.71. The Hall–Kier alpha value is -3.25. The van der Waals surface area contributed by atoms with Crippen molar-refractivity contribution in [2.24, 2.45) is 22.4 Å². The van der Waals surface area contributed by atoms with E-state index >= 15 is 0 Å². The molecule has 2 aromatic rings. The standard InChI is InChI=1S/C18H23ClN6O5S/c1-10-6-7-13(24-31(28,29)15-5-3-4-12(19)11(15)2)17(27)25(10)14(16(20)26)8-9-30-23-18(21)22/h3-7,14,24H,8-9H2,1-2H3,(H2,20,26)(H4,21,22,23). The Labute approximate surface area is 183 Å². The molecule has 1 aromatic carbocycles. The maximum absolute atomic E-state index is 13.0. The van der Waals surface area contributed by atoms with Gasteiger partial charge in [0.05, 0.1) is 4.90 Å². The van der Waals surface area contributed by atoms with E-state index in [1.54, 1.807) is 19.9 Å². The molecule has 1 unspecified atom stereocenters. The second-order valence-electron chi connectivity index (χ2n) is 6.59. The molecule has 11 nitrogen and oxygen atoms in total. The number of nitrogens with two attached hydrogens (primary N) is 3. The van der Waals surface area contributed by atoms with Crippen LogP contribution >= 0.6 is 11.6 Å². The number of benzene rings is 1. The number of hydrogen-bond donors (Lipinski definition) is 4. The van der Waals surface area contributed by atoms with Crippen LogP contribution in [0.3, 0.4) is 0 Å². The van der Waals surface area contributed by atoms with Crippen LogP contribution in [0.5, 0.6) is 0 Å². The molecule has 7 N–H and O–H groups in total. The van der Waals surface area contributed by atoms with Crippen LogP contribution in [0.25, 0.3) is 0 Å². The Balaban J connectivity index is 2.43. The highest BCUT2D eigenvalue weighted by Gasteiger charge is 2.25. The van der Waals surface area contributed by atoms with Crippen molar-refractivity contribution in [1.82, 2.24) is 4.57 Å². The minimum absolute atomic E-state index is 0.0313. The van der Waals surface area contributed by atoms with E-state index in [1.807, 2.05) is 0 Å². The van der Waals surface area contributed by atoms with Crippen LogP contribution < -0.4 is 27.5 Å². The number of carbonyl (C=O) groups excluding carboxylic acids is 1. The molecule has 1 atom stereocenters. The predicted octanol–water partition coefficient (Wildman–Crippen LogP) is 0.541. The maximum Gasteiger partial charge on any atom is 0.275 e. The number of oxime groups is 1. The van der Waals surface area contributed by atoms with E-state index in [0.717, 1.165) is 4.57 Å². The summed E-state index contributed by atoms with van der Waals surface area (Å²) in [4.78, 5) is 29.8. The number of rotatable bonds is 9. The number of hydrogen-bond acceptors (Lipinski definition) is 6. The molecule has 0 saturated heterocycles. The number of amides is 1. The number of aryl methyl sites for hydroxylation is 1. The lowest BCUT2D eigenvalue weighted by molar-refractivity contribution is -0.121. The number of guanidine groups is 1. The molecule has 1 heterocycles. The van der Waals surface area contributed by atoms with E-state index < -0.39 is 27.5 Å². The van der Waals surface area contributed by atoms with Crippen molar-refractivity contribution in [3.05, 3.63) is 57.0 Å². The summed E-state index contributed by atoms with van der Waals surface area (Å²) in [5.74, 6) is -1.12. The highest BCUT2D eigenvalue weighted by Crippen LogP contribution is 2.24. The third kappa shape index (κ3) is 5.67. The lowest BCUT2D eigenvalue weighted by atomic mass is 10.1. The Bertz CT molecular complexity index is 1170. The molecule has 13 heteroatoms. The Morgan fingerprint density at radius 1 is 1.23 bits per heavy atom. The van der Waals surface area contributed by atoms with Crippen molar-refractivity contribution in [2.45, 2.75) is 31.2 Å². The molecule has 0 fully saturated rings.